The Bertz CT molecular complexity index is 1010. The number of thiophene rings is 1. The van der Waals surface area contributed by atoms with E-state index in [-0.39, 0.29) is 5.91 Å². The molecule has 0 spiro atoms. The number of amides is 1. The van der Waals surface area contributed by atoms with Crippen LogP contribution in [0.3, 0.4) is 0 Å². The van der Waals surface area contributed by atoms with Crippen molar-refractivity contribution in [3.8, 4) is 0 Å². The largest absolute Gasteiger partial charge is 0.385 e. The number of carbonyl (C=O) groups excluding carboxylic acids is 1. The van der Waals surface area contributed by atoms with Crippen LogP contribution in [-0.4, -0.2) is 48.1 Å². The minimum Gasteiger partial charge on any atom is -0.385 e. The number of nitrogens with zero attached hydrogens (tertiary/aromatic N) is 2. The van der Waals surface area contributed by atoms with Crippen molar-refractivity contribution < 1.29 is 4.79 Å². The fourth-order valence-electron chi connectivity index (χ4n) is 3.55. The summed E-state index contributed by atoms with van der Waals surface area (Å²) in [6.07, 6.45) is 7.82. The molecule has 2 heterocycles. The third-order valence-corrected chi connectivity index (χ3v) is 6.62. The van der Waals surface area contributed by atoms with Crippen molar-refractivity contribution in [2.75, 3.05) is 30.8 Å². The van der Waals surface area contributed by atoms with E-state index in [9.17, 15) is 4.79 Å². The first-order valence-corrected chi connectivity index (χ1v) is 11.8. The van der Waals surface area contributed by atoms with E-state index in [2.05, 4.69) is 62.4 Å². The van der Waals surface area contributed by atoms with Gasteiger partial charge >= 0.3 is 0 Å². The summed E-state index contributed by atoms with van der Waals surface area (Å²) in [7, 11) is 1.80. The first kappa shape index (κ1) is 21.5. The lowest BCUT2D eigenvalue weighted by molar-refractivity contribution is 0.0959. The highest BCUT2D eigenvalue weighted by molar-refractivity contribution is 7.21. The lowest BCUT2D eigenvalue weighted by Gasteiger charge is -2.18. The highest BCUT2D eigenvalue weighted by Gasteiger charge is 2.23. The Kier molecular flexibility index (Phi) is 6.99. The zero-order chi connectivity index (χ0) is 21.6. The number of fused-ring (bicyclic) bond motifs is 1. The molecule has 1 amide bonds. The number of rotatable bonds is 11. The van der Waals surface area contributed by atoms with Gasteiger partial charge in [0.15, 0.2) is 0 Å². The zero-order valence-corrected chi connectivity index (χ0v) is 18.9. The summed E-state index contributed by atoms with van der Waals surface area (Å²) in [5.41, 5.74) is 3.80. The van der Waals surface area contributed by atoms with Crippen molar-refractivity contribution in [2.24, 2.45) is 0 Å². The van der Waals surface area contributed by atoms with Crippen LogP contribution in [0.5, 0.6) is 0 Å². The van der Waals surface area contributed by atoms with Crippen LogP contribution in [0.25, 0.3) is 10.3 Å². The number of aromatic nitrogens is 2. The molecule has 1 aliphatic carbocycles. The minimum absolute atomic E-state index is 0.0961. The molecule has 0 saturated heterocycles. The predicted octanol–water partition coefficient (Wildman–Crippen LogP) is 3.65. The van der Waals surface area contributed by atoms with E-state index in [4.69, 9.17) is 0 Å². The van der Waals surface area contributed by atoms with E-state index >= 15 is 0 Å². The monoisotopic (exact) mass is 438 g/mol. The van der Waals surface area contributed by atoms with E-state index in [1.165, 1.54) is 29.7 Å². The Morgan fingerprint density at radius 1 is 1.19 bits per heavy atom. The summed E-state index contributed by atoms with van der Waals surface area (Å²) in [5, 5.41) is 13.3. The second-order valence-electron chi connectivity index (χ2n) is 7.90. The normalized spacial score (nSPS) is 14.4. The second kappa shape index (κ2) is 10.1. The summed E-state index contributed by atoms with van der Waals surface area (Å²) in [6, 6.07) is 9.72. The Hall–Kier alpha value is -2.71. The molecule has 1 atom stereocenters. The van der Waals surface area contributed by atoms with Gasteiger partial charge in [-0.15, -0.1) is 11.3 Å². The average molecular weight is 439 g/mol. The Balaban J connectivity index is 1.26. The van der Waals surface area contributed by atoms with Gasteiger partial charge in [0.25, 0.3) is 5.91 Å². The van der Waals surface area contributed by atoms with Crippen molar-refractivity contribution in [1.29, 1.82) is 0 Å². The quantitative estimate of drug-likeness (QED) is 0.365. The summed E-state index contributed by atoms with van der Waals surface area (Å²) in [6.45, 7) is 3.74. The molecule has 8 heteroatoms. The maximum absolute atomic E-state index is 12.7. The number of benzene rings is 1. The molecule has 1 fully saturated rings. The number of hydrogen-bond acceptors (Lipinski definition) is 7. The molecule has 0 aliphatic heterocycles. The van der Waals surface area contributed by atoms with E-state index in [0.29, 0.717) is 17.5 Å². The van der Waals surface area contributed by atoms with Crippen LogP contribution in [0, 0.1) is 0 Å². The standard InChI is InChI=1S/C23H30N6OS/c1-3-16(29-18-8-9-18)14-28-17-6-4-15(5-7-17)10-11-26-22(30)21-19(24-2)20-23(31-21)27-13-12-25-20/h4-7,12-13,16,18,24,28-29H,3,8-11,14H2,1-2H3,(H,26,30)/t16-/m0/s1. The molecule has 2 aromatic heterocycles. The van der Waals surface area contributed by atoms with Gasteiger partial charge in [0.1, 0.15) is 15.2 Å². The molecule has 0 radical (unpaired) electrons. The first-order chi connectivity index (χ1) is 15.2. The van der Waals surface area contributed by atoms with Crippen LogP contribution in [0.2, 0.25) is 0 Å². The SMILES string of the molecule is CC[C@@H](CNc1ccc(CCNC(=O)c2sc3nccnc3c2NC)cc1)NC1CC1. The van der Waals surface area contributed by atoms with Crippen LogP contribution in [0.1, 0.15) is 41.4 Å². The van der Waals surface area contributed by atoms with Crippen molar-refractivity contribution in [3.63, 3.8) is 0 Å². The fourth-order valence-corrected chi connectivity index (χ4v) is 4.58. The van der Waals surface area contributed by atoms with E-state index in [1.54, 1.807) is 19.4 Å². The molecule has 0 unspecified atom stereocenters. The maximum atomic E-state index is 12.7. The summed E-state index contributed by atoms with van der Waals surface area (Å²) >= 11 is 1.36. The molecule has 4 N–H and O–H groups in total. The van der Waals surface area contributed by atoms with Gasteiger partial charge in [-0.2, -0.15) is 0 Å². The van der Waals surface area contributed by atoms with Crippen molar-refractivity contribution in [3.05, 3.63) is 47.1 Å². The molecule has 1 aliphatic rings. The highest BCUT2D eigenvalue weighted by Crippen LogP contribution is 2.32. The molecule has 1 saturated carbocycles. The Morgan fingerprint density at radius 2 is 1.97 bits per heavy atom. The molecule has 164 valence electrons. The van der Waals surface area contributed by atoms with E-state index in [1.807, 2.05) is 0 Å². The van der Waals surface area contributed by atoms with Gasteiger partial charge in [-0.1, -0.05) is 19.1 Å². The number of hydrogen-bond donors (Lipinski definition) is 4. The predicted molar refractivity (Wildman–Crippen MR) is 128 cm³/mol. The molecule has 1 aromatic carbocycles. The molecule has 0 bridgehead atoms. The second-order valence-corrected chi connectivity index (χ2v) is 8.90. The highest BCUT2D eigenvalue weighted by atomic mass is 32.1. The zero-order valence-electron chi connectivity index (χ0n) is 18.1. The van der Waals surface area contributed by atoms with Gasteiger partial charge < -0.3 is 21.3 Å². The van der Waals surface area contributed by atoms with Gasteiger partial charge in [0.05, 0.1) is 5.69 Å². The van der Waals surface area contributed by atoms with E-state index in [0.717, 1.165) is 47.2 Å². The minimum atomic E-state index is -0.0961. The van der Waals surface area contributed by atoms with Gasteiger partial charge in [-0.25, -0.2) is 9.97 Å². The summed E-state index contributed by atoms with van der Waals surface area (Å²) in [4.78, 5) is 22.7. The smallest absolute Gasteiger partial charge is 0.263 e. The lowest BCUT2D eigenvalue weighted by atomic mass is 10.1. The van der Waals surface area contributed by atoms with Crippen molar-refractivity contribution in [2.45, 2.75) is 44.7 Å². The molecule has 3 aromatic rings. The maximum Gasteiger partial charge on any atom is 0.263 e. The number of nitrogens with one attached hydrogen (secondary N) is 4. The third-order valence-electron chi connectivity index (χ3n) is 5.53. The molecule has 31 heavy (non-hydrogen) atoms. The van der Waals surface area contributed by atoms with Gasteiger partial charge in [0, 0.05) is 50.3 Å². The molecule has 4 rings (SSSR count). The topological polar surface area (TPSA) is 91.0 Å². The first-order valence-electron chi connectivity index (χ1n) is 11.0. The number of anilines is 2. The van der Waals surface area contributed by atoms with E-state index < -0.39 is 0 Å². The van der Waals surface area contributed by atoms with Crippen LogP contribution >= 0.6 is 11.3 Å². The summed E-state index contributed by atoms with van der Waals surface area (Å²) in [5.74, 6) is -0.0961. The Morgan fingerprint density at radius 3 is 2.68 bits per heavy atom. The summed E-state index contributed by atoms with van der Waals surface area (Å²) < 4.78 is 0. The number of carbonyl (C=O) groups is 1. The van der Waals surface area contributed by atoms with Gasteiger partial charge in [-0.05, 0) is 43.4 Å². The average Bonchev–Trinajstić information content (AvgIpc) is 3.54. The van der Waals surface area contributed by atoms with Crippen LogP contribution < -0.4 is 21.3 Å². The Labute approximate surface area is 187 Å². The van der Waals surface area contributed by atoms with Crippen LogP contribution in [0.4, 0.5) is 11.4 Å². The van der Waals surface area contributed by atoms with Crippen molar-refractivity contribution in [1.82, 2.24) is 20.6 Å². The van der Waals surface area contributed by atoms with Gasteiger partial charge in [0.2, 0.25) is 0 Å². The third kappa shape index (κ3) is 5.51. The molecular weight excluding hydrogens is 408 g/mol. The van der Waals surface area contributed by atoms with Crippen molar-refractivity contribution >= 4 is 39.0 Å². The van der Waals surface area contributed by atoms with Crippen LogP contribution in [0.15, 0.2) is 36.7 Å². The van der Waals surface area contributed by atoms with Crippen LogP contribution in [-0.2, 0) is 6.42 Å². The van der Waals surface area contributed by atoms with Gasteiger partial charge in [-0.3, -0.25) is 4.79 Å². The lowest BCUT2D eigenvalue weighted by Crippen LogP contribution is -2.36. The fraction of sp³-hybridized carbons (Fsp3) is 0.435. The molecular formula is C23H30N6OS. The molecule has 7 nitrogen and oxygen atoms in total.